The van der Waals surface area contributed by atoms with Gasteiger partial charge in [-0.05, 0) is 90.1 Å². The number of fused-ring (bicyclic) bond motifs is 7. The number of anilines is 3. The first-order valence-electron chi connectivity index (χ1n) is 19.4. The van der Waals surface area contributed by atoms with Gasteiger partial charge >= 0.3 is 0 Å². The molecule has 10 aromatic rings. The first-order valence-corrected chi connectivity index (χ1v) is 19.4. The SMILES string of the molecule is c1ccc(N(c2ccc3c(c2)-c2ccccc2C3(c2ccccc2)c2ccccc2)c2c(-c3cccc4ccccc34)c3ccccc3c3ccccc23)cc1. The highest BCUT2D eigenvalue weighted by molar-refractivity contribution is 6.24. The molecule has 0 bridgehead atoms. The molecule has 0 fully saturated rings. The van der Waals surface area contributed by atoms with Gasteiger partial charge in [-0.3, -0.25) is 0 Å². The standard InChI is InChI=1S/C55H37N/c1-4-21-39(22-5-1)55(40-23-6-2-7-24-40)51-34-17-16-30-46(51)50-37-42(35-36-52(50)55)56(41-25-8-3-9-26-41)54-49-32-15-13-29-45(49)44-28-12-14-31-48(44)53(54)47-33-18-20-38-19-10-11-27-43(38)47/h1-37H. The van der Waals surface area contributed by atoms with E-state index in [0.29, 0.717) is 0 Å². The molecule has 0 aromatic heterocycles. The Labute approximate surface area is 327 Å². The van der Waals surface area contributed by atoms with E-state index in [9.17, 15) is 0 Å². The van der Waals surface area contributed by atoms with Gasteiger partial charge in [0.2, 0.25) is 0 Å². The number of hydrogen-bond donors (Lipinski definition) is 0. The molecule has 0 aliphatic heterocycles. The van der Waals surface area contributed by atoms with Crippen LogP contribution in [0.15, 0.2) is 224 Å². The van der Waals surface area contributed by atoms with Crippen LogP contribution in [-0.4, -0.2) is 0 Å². The highest BCUT2D eigenvalue weighted by Gasteiger charge is 2.46. The van der Waals surface area contributed by atoms with Gasteiger partial charge in [-0.15, -0.1) is 0 Å². The van der Waals surface area contributed by atoms with Crippen LogP contribution in [0.4, 0.5) is 17.1 Å². The third kappa shape index (κ3) is 4.74. The Balaban J connectivity index is 1.26. The summed E-state index contributed by atoms with van der Waals surface area (Å²) in [6.07, 6.45) is 0. The van der Waals surface area contributed by atoms with Crippen molar-refractivity contribution in [3.8, 4) is 22.3 Å². The van der Waals surface area contributed by atoms with Crippen molar-refractivity contribution in [2.24, 2.45) is 0 Å². The monoisotopic (exact) mass is 711 g/mol. The highest BCUT2D eigenvalue weighted by atomic mass is 15.1. The van der Waals surface area contributed by atoms with Crippen LogP contribution >= 0.6 is 0 Å². The Kier molecular flexibility index (Phi) is 7.47. The predicted octanol–water partition coefficient (Wildman–Crippen LogP) is 14.6. The third-order valence-corrected chi connectivity index (χ3v) is 11.9. The minimum atomic E-state index is -0.464. The second-order valence-corrected chi connectivity index (χ2v) is 14.8. The van der Waals surface area contributed by atoms with Gasteiger partial charge in [0, 0.05) is 22.3 Å². The molecule has 1 heteroatoms. The molecule has 56 heavy (non-hydrogen) atoms. The van der Waals surface area contributed by atoms with Crippen LogP contribution in [0.1, 0.15) is 22.3 Å². The Hall–Kier alpha value is -7.22. The topological polar surface area (TPSA) is 3.24 Å². The van der Waals surface area contributed by atoms with Gasteiger partial charge in [-0.2, -0.15) is 0 Å². The van der Waals surface area contributed by atoms with Crippen molar-refractivity contribution >= 4 is 49.4 Å². The zero-order valence-electron chi connectivity index (χ0n) is 30.8. The summed E-state index contributed by atoms with van der Waals surface area (Å²) in [7, 11) is 0. The molecule has 1 nitrogen and oxygen atoms in total. The summed E-state index contributed by atoms with van der Waals surface area (Å²) in [5.74, 6) is 0. The summed E-state index contributed by atoms with van der Waals surface area (Å²) in [6, 6.07) is 82.6. The molecule has 0 heterocycles. The summed E-state index contributed by atoms with van der Waals surface area (Å²) in [4.78, 5) is 2.51. The van der Waals surface area contributed by atoms with Gasteiger partial charge in [0.1, 0.15) is 0 Å². The number of hydrogen-bond acceptors (Lipinski definition) is 1. The van der Waals surface area contributed by atoms with E-state index in [0.717, 1.165) is 11.4 Å². The molecule has 0 radical (unpaired) electrons. The lowest BCUT2D eigenvalue weighted by Crippen LogP contribution is -2.28. The lowest BCUT2D eigenvalue weighted by atomic mass is 9.68. The quantitative estimate of drug-likeness (QED) is 0.155. The van der Waals surface area contributed by atoms with Gasteiger partial charge in [0.25, 0.3) is 0 Å². The first-order chi connectivity index (χ1) is 27.8. The van der Waals surface area contributed by atoms with E-state index >= 15 is 0 Å². The molecule has 11 rings (SSSR count). The molecule has 1 aliphatic rings. The highest BCUT2D eigenvalue weighted by Crippen LogP contribution is 2.58. The van der Waals surface area contributed by atoms with E-state index in [-0.39, 0.29) is 0 Å². The Morgan fingerprint density at radius 3 is 1.52 bits per heavy atom. The van der Waals surface area contributed by atoms with E-state index < -0.39 is 5.41 Å². The summed E-state index contributed by atoms with van der Waals surface area (Å²) < 4.78 is 0. The van der Waals surface area contributed by atoms with Crippen molar-refractivity contribution in [1.29, 1.82) is 0 Å². The first kappa shape index (κ1) is 32.2. The van der Waals surface area contributed by atoms with E-state index in [1.165, 1.54) is 82.5 Å². The maximum absolute atomic E-state index is 2.51. The molecule has 0 saturated heterocycles. The fourth-order valence-electron chi connectivity index (χ4n) is 9.63. The van der Waals surface area contributed by atoms with Crippen LogP contribution < -0.4 is 4.90 Å². The van der Waals surface area contributed by atoms with Crippen molar-refractivity contribution in [3.63, 3.8) is 0 Å². The molecule has 262 valence electrons. The lowest BCUT2D eigenvalue weighted by molar-refractivity contribution is 0.768. The minimum absolute atomic E-state index is 0.464. The average molecular weight is 712 g/mol. The van der Waals surface area contributed by atoms with Crippen LogP contribution in [0.25, 0.3) is 54.6 Å². The molecule has 0 unspecified atom stereocenters. The molecule has 1 aliphatic carbocycles. The normalized spacial score (nSPS) is 12.8. The van der Waals surface area contributed by atoms with Crippen LogP contribution in [0.3, 0.4) is 0 Å². The van der Waals surface area contributed by atoms with E-state index in [2.05, 4.69) is 229 Å². The molecule has 0 spiro atoms. The zero-order chi connectivity index (χ0) is 37.1. The number of para-hydroxylation sites is 1. The summed E-state index contributed by atoms with van der Waals surface area (Å²) in [6.45, 7) is 0. The average Bonchev–Trinajstić information content (AvgIpc) is 3.58. The largest absolute Gasteiger partial charge is 0.309 e. The van der Waals surface area contributed by atoms with Crippen LogP contribution in [0, 0.1) is 0 Å². The molecular weight excluding hydrogens is 675 g/mol. The smallest absolute Gasteiger partial charge is 0.0713 e. The van der Waals surface area contributed by atoms with Crippen molar-refractivity contribution in [2.45, 2.75) is 5.41 Å². The van der Waals surface area contributed by atoms with Crippen molar-refractivity contribution in [3.05, 3.63) is 247 Å². The van der Waals surface area contributed by atoms with Gasteiger partial charge < -0.3 is 4.90 Å². The summed E-state index contributed by atoms with van der Waals surface area (Å²) in [5, 5.41) is 7.40. The fraction of sp³-hybridized carbons (Fsp3) is 0.0182. The van der Waals surface area contributed by atoms with E-state index in [1.54, 1.807) is 0 Å². The molecule has 0 amide bonds. The molecule has 0 atom stereocenters. The molecule has 0 saturated carbocycles. The van der Waals surface area contributed by atoms with Crippen molar-refractivity contribution < 1.29 is 0 Å². The van der Waals surface area contributed by atoms with Gasteiger partial charge in [-0.1, -0.05) is 200 Å². The second kappa shape index (κ2) is 13.0. The maximum atomic E-state index is 2.51. The lowest BCUT2D eigenvalue weighted by Gasteiger charge is -2.34. The van der Waals surface area contributed by atoms with E-state index in [4.69, 9.17) is 0 Å². The van der Waals surface area contributed by atoms with Gasteiger partial charge in [0.15, 0.2) is 0 Å². The van der Waals surface area contributed by atoms with Gasteiger partial charge in [0.05, 0.1) is 11.1 Å². The molecule has 0 N–H and O–H groups in total. The van der Waals surface area contributed by atoms with Crippen LogP contribution in [0.5, 0.6) is 0 Å². The molecular formula is C55H37N. The van der Waals surface area contributed by atoms with Crippen molar-refractivity contribution in [1.82, 2.24) is 0 Å². The second-order valence-electron chi connectivity index (χ2n) is 14.8. The van der Waals surface area contributed by atoms with Crippen LogP contribution in [-0.2, 0) is 5.41 Å². The van der Waals surface area contributed by atoms with E-state index in [1.807, 2.05) is 0 Å². The Morgan fingerprint density at radius 2 is 0.804 bits per heavy atom. The minimum Gasteiger partial charge on any atom is -0.309 e. The summed E-state index contributed by atoms with van der Waals surface area (Å²) in [5.41, 5.74) is 13.0. The fourth-order valence-corrected chi connectivity index (χ4v) is 9.63. The molecule has 10 aromatic carbocycles. The number of nitrogens with zero attached hydrogens (tertiary/aromatic N) is 1. The Morgan fingerprint density at radius 1 is 0.304 bits per heavy atom. The maximum Gasteiger partial charge on any atom is 0.0713 e. The summed E-state index contributed by atoms with van der Waals surface area (Å²) >= 11 is 0. The number of rotatable bonds is 6. The third-order valence-electron chi connectivity index (χ3n) is 11.9. The number of benzene rings is 10. The van der Waals surface area contributed by atoms with Crippen LogP contribution in [0.2, 0.25) is 0 Å². The zero-order valence-corrected chi connectivity index (χ0v) is 30.8. The predicted molar refractivity (Wildman–Crippen MR) is 236 cm³/mol. The van der Waals surface area contributed by atoms with Crippen molar-refractivity contribution in [2.75, 3.05) is 4.90 Å². The Bertz CT molecular complexity index is 3030. The van der Waals surface area contributed by atoms with Gasteiger partial charge in [-0.25, -0.2) is 0 Å².